The van der Waals surface area contributed by atoms with Gasteiger partial charge in [-0.25, -0.2) is 0 Å². The Morgan fingerprint density at radius 1 is 1.11 bits per heavy atom. The minimum Gasteiger partial charge on any atom is -0.391 e. The first kappa shape index (κ1) is 15.3. The molecule has 3 atom stereocenters. The fraction of sp³-hybridized carbons (Fsp3) is 1.00. The van der Waals surface area contributed by atoms with E-state index in [9.17, 15) is 5.11 Å². The summed E-state index contributed by atoms with van der Waals surface area (Å²) in [5.74, 6) is 0.788. The van der Waals surface area contributed by atoms with Crippen LogP contribution in [0.4, 0.5) is 0 Å². The lowest BCUT2D eigenvalue weighted by atomic mass is 9.96. The molecule has 1 aliphatic heterocycles. The van der Waals surface area contributed by atoms with Gasteiger partial charge in [0, 0.05) is 12.6 Å². The second-order valence-electron chi connectivity index (χ2n) is 6.48. The van der Waals surface area contributed by atoms with Crippen molar-refractivity contribution in [2.75, 3.05) is 26.2 Å². The van der Waals surface area contributed by atoms with Crippen LogP contribution in [-0.2, 0) is 0 Å². The van der Waals surface area contributed by atoms with Crippen LogP contribution in [-0.4, -0.2) is 48.3 Å². The SMILES string of the molecule is CCCN(CC1CCCNC1)C1CCCCCC1O. The number of hydrogen-bond acceptors (Lipinski definition) is 3. The topological polar surface area (TPSA) is 35.5 Å². The van der Waals surface area contributed by atoms with Crippen LogP contribution in [0.3, 0.4) is 0 Å². The van der Waals surface area contributed by atoms with E-state index in [1.807, 2.05) is 0 Å². The van der Waals surface area contributed by atoms with Gasteiger partial charge < -0.3 is 10.4 Å². The summed E-state index contributed by atoms with van der Waals surface area (Å²) in [6.07, 6.45) is 9.80. The summed E-state index contributed by atoms with van der Waals surface area (Å²) >= 11 is 0. The van der Waals surface area contributed by atoms with E-state index in [-0.39, 0.29) is 6.10 Å². The average molecular weight is 268 g/mol. The molecule has 112 valence electrons. The highest BCUT2D eigenvalue weighted by atomic mass is 16.3. The largest absolute Gasteiger partial charge is 0.391 e. The normalized spacial score (nSPS) is 33.3. The molecule has 2 N–H and O–H groups in total. The molecule has 2 fully saturated rings. The average Bonchev–Trinajstić information content (AvgIpc) is 2.64. The molecule has 0 aromatic rings. The van der Waals surface area contributed by atoms with Gasteiger partial charge in [0.1, 0.15) is 0 Å². The first-order valence-electron chi connectivity index (χ1n) is 8.44. The Morgan fingerprint density at radius 3 is 2.68 bits per heavy atom. The molecule has 1 saturated carbocycles. The van der Waals surface area contributed by atoms with Crippen molar-refractivity contribution >= 4 is 0 Å². The first-order valence-corrected chi connectivity index (χ1v) is 8.44. The van der Waals surface area contributed by atoms with Gasteiger partial charge in [0.2, 0.25) is 0 Å². The first-order chi connectivity index (χ1) is 9.31. The molecule has 0 aromatic heterocycles. The lowest BCUT2D eigenvalue weighted by Crippen LogP contribution is -2.47. The number of nitrogens with zero attached hydrogens (tertiary/aromatic N) is 1. The highest BCUT2D eigenvalue weighted by molar-refractivity contribution is 4.84. The van der Waals surface area contributed by atoms with Crippen LogP contribution in [0.2, 0.25) is 0 Å². The van der Waals surface area contributed by atoms with E-state index >= 15 is 0 Å². The van der Waals surface area contributed by atoms with E-state index in [0.717, 1.165) is 18.9 Å². The fourth-order valence-electron chi connectivity index (χ4n) is 3.79. The predicted octanol–water partition coefficient (Wildman–Crippen LogP) is 2.39. The lowest BCUT2D eigenvalue weighted by Gasteiger charge is -2.37. The van der Waals surface area contributed by atoms with E-state index in [2.05, 4.69) is 17.1 Å². The van der Waals surface area contributed by atoms with Gasteiger partial charge in [-0.2, -0.15) is 0 Å². The predicted molar refractivity (Wildman–Crippen MR) is 80.3 cm³/mol. The molecule has 3 nitrogen and oxygen atoms in total. The zero-order valence-electron chi connectivity index (χ0n) is 12.6. The van der Waals surface area contributed by atoms with Gasteiger partial charge in [-0.15, -0.1) is 0 Å². The van der Waals surface area contributed by atoms with Crippen molar-refractivity contribution in [2.45, 2.75) is 70.4 Å². The van der Waals surface area contributed by atoms with Gasteiger partial charge in [-0.1, -0.05) is 26.2 Å². The van der Waals surface area contributed by atoms with Gasteiger partial charge in [0.25, 0.3) is 0 Å². The van der Waals surface area contributed by atoms with Crippen molar-refractivity contribution in [1.82, 2.24) is 10.2 Å². The van der Waals surface area contributed by atoms with E-state index in [1.54, 1.807) is 0 Å². The van der Waals surface area contributed by atoms with Crippen molar-refractivity contribution < 1.29 is 5.11 Å². The van der Waals surface area contributed by atoms with Gasteiger partial charge in [0.05, 0.1) is 6.10 Å². The fourth-order valence-corrected chi connectivity index (χ4v) is 3.79. The Hall–Kier alpha value is -0.120. The summed E-state index contributed by atoms with van der Waals surface area (Å²) in [7, 11) is 0. The Bertz CT molecular complexity index is 241. The summed E-state index contributed by atoms with van der Waals surface area (Å²) in [5.41, 5.74) is 0. The Balaban J connectivity index is 1.92. The molecule has 1 saturated heterocycles. The molecule has 1 aliphatic carbocycles. The molecule has 19 heavy (non-hydrogen) atoms. The van der Waals surface area contributed by atoms with Crippen LogP contribution < -0.4 is 5.32 Å². The smallest absolute Gasteiger partial charge is 0.0695 e. The third-order valence-electron chi connectivity index (χ3n) is 4.82. The molecule has 0 radical (unpaired) electrons. The van der Waals surface area contributed by atoms with Crippen LogP contribution in [0.25, 0.3) is 0 Å². The highest BCUT2D eigenvalue weighted by Crippen LogP contribution is 2.24. The van der Waals surface area contributed by atoms with E-state index < -0.39 is 0 Å². The number of rotatable bonds is 5. The quantitative estimate of drug-likeness (QED) is 0.752. The number of aliphatic hydroxyl groups excluding tert-OH is 1. The maximum Gasteiger partial charge on any atom is 0.0695 e. The summed E-state index contributed by atoms with van der Waals surface area (Å²) < 4.78 is 0. The summed E-state index contributed by atoms with van der Waals surface area (Å²) in [6.45, 7) is 6.95. The molecule has 3 heteroatoms. The molecular weight excluding hydrogens is 236 g/mol. The Labute approximate surface area is 118 Å². The minimum absolute atomic E-state index is 0.0920. The molecule has 0 spiro atoms. The molecule has 2 aliphatic rings. The monoisotopic (exact) mass is 268 g/mol. The third-order valence-corrected chi connectivity index (χ3v) is 4.82. The van der Waals surface area contributed by atoms with Gasteiger partial charge >= 0.3 is 0 Å². The van der Waals surface area contributed by atoms with Crippen LogP contribution in [0.1, 0.15) is 58.3 Å². The van der Waals surface area contributed by atoms with Crippen LogP contribution in [0.5, 0.6) is 0 Å². The van der Waals surface area contributed by atoms with Crippen LogP contribution in [0.15, 0.2) is 0 Å². The van der Waals surface area contributed by atoms with Gasteiger partial charge in [-0.3, -0.25) is 4.90 Å². The zero-order chi connectivity index (χ0) is 13.5. The highest BCUT2D eigenvalue weighted by Gasteiger charge is 2.28. The number of nitrogens with one attached hydrogen (secondary N) is 1. The number of hydrogen-bond donors (Lipinski definition) is 2. The lowest BCUT2D eigenvalue weighted by molar-refractivity contribution is 0.0331. The van der Waals surface area contributed by atoms with Gasteiger partial charge in [0.15, 0.2) is 0 Å². The second-order valence-corrected chi connectivity index (χ2v) is 6.48. The standard InChI is InChI=1S/C16H32N2O/c1-2-11-18(13-14-7-6-10-17-12-14)15-8-4-3-5-9-16(15)19/h14-17,19H,2-13H2,1H3. The summed E-state index contributed by atoms with van der Waals surface area (Å²) in [4.78, 5) is 2.60. The zero-order valence-corrected chi connectivity index (χ0v) is 12.6. The van der Waals surface area contributed by atoms with Crippen molar-refractivity contribution in [3.63, 3.8) is 0 Å². The minimum atomic E-state index is -0.0920. The van der Waals surface area contributed by atoms with E-state index in [0.29, 0.717) is 6.04 Å². The second kappa shape index (κ2) is 8.23. The van der Waals surface area contributed by atoms with E-state index in [1.165, 1.54) is 64.6 Å². The van der Waals surface area contributed by atoms with Crippen molar-refractivity contribution in [2.24, 2.45) is 5.92 Å². The maximum absolute atomic E-state index is 10.4. The van der Waals surface area contributed by atoms with Gasteiger partial charge in [-0.05, 0) is 57.7 Å². The van der Waals surface area contributed by atoms with Crippen LogP contribution in [0, 0.1) is 5.92 Å². The summed E-state index contributed by atoms with van der Waals surface area (Å²) in [5, 5.41) is 13.9. The van der Waals surface area contributed by atoms with Crippen molar-refractivity contribution in [3.05, 3.63) is 0 Å². The Kier molecular flexibility index (Phi) is 6.62. The molecular formula is C16H32N2O. The maximum atomic E-state index is 10.4. The Morgan fingerprint density at radius 2 is 1.95 bits per heavy atom. The molecule has 1 heterocycles. The van der Waals surface area contributed by atoms with Crippen molar-refractivity contribution in [3.8, 4) is 0 Å². The molecule has 0 aromatic carbocycles. The third kappa shape index (κ3) is 4.73. The molecule has 0 bridgehead atoms. The number of piperidine rings is 1. The van der Waals surface area contributed by atoms with Crippen LogP contribution >= 0.6 is 0 Å². The number of aliphatic hydroxyl groups is 1. The summed E-state index contributed by atoms with van der Waals surface area (Å²) in [6, 6.07) is 0.421. The molecule has 0 amide bonds. The molecule has 2 rings (SSSR count). The molecule has 3 unspecified atom stereocenters. The van der Waals surface area contributed by atoms with E-state index in [4.69, 9.17) is 0 Å². The van der Waals surface area contributed by atoms with Crippen molar-refractivity contribution in [1.29, 1.82) is 0 Å².